The van der Waals surface area contributed by atoms with Crippen molar-refractivity contribution in [2.75, 3.05) is 0 Å². The van der Waals surface area contributed by atoms with Crippen LogP contribution in [0.25, 0.3) is 0 Å². The average molecular weight is 142 g/mol. The molecule has 0 heterocycles. The fraction of sp³-hybridized carbons (Fsp3) is 0.875. The molecule has 1 unspecified atom stereocenters. The summed E-state index contributed by atoms with van der Waals surface area (Å²) in [5.74, 6) is 0.0833. The van der Waals surface area contributed by atoms with Crippen molar-refractivity contribution >= 4 is 5.97 Å². The molecule has 1 fully saturated rings. The lowest BCUT2D eigenvalue weighted by Crippen LogP contribution is -2.21. The van der Waals surface area contributed by atoms with Crippen LogP contribution in [0.4, 0.5) is 0 Å². The van der Waals surface area contributed by atoms with Gasteiger partial charge in [-0.25, -0.2) is 0 Å². The molecule has 1 aliphatic carbocycles. The molecule has 0 aromatic carbocycles. The van der Waals surface area contributed by atoms with Crippen LogP contribution in [0.15, 0.2) is 0 Å². The van der Waals surface area contributed by atoms with E-state index in [1.807, 2.05) is 13.8 Å². The van der Waals surface area contributed by atoms with Crippen molar-refractivity contribution in [1.29, 1.82) is 0 Å². The molecule has 0 spiro atoms. The van der Waals surface area contributed by atoms with Gasteiger partial charge in [0.15, 0.2) is 0 Å². The molecule has 0 saturated heterocycles. The van der Waals surface area contributed by atoms with Crippen LogP contribution in [0.1, 0.15) is 26.7 Å². The Bertz CT molecular complexity index is 134. The van der Waals surface area contributed by atoms with E-state index in [-0.39, 0.29) is 5.92 Å². The number of hydrogen-bond acceptors (Lipinski definition) is 1. The first-order valence-corrected chi connectivity index (χ1v) is 3.85. The van der Waals surface area contributed by atoms with Gasteiger partial charge in [0.05, 0.1) is 5.92 Å². The third kappa shape index (κ3) is 1.49. The van der Waals surface area contributed by atoms with Gasteiger partial charge in [-0.2, -0.15) is 0 Å². The largest absolute Gasteiger partial charge is 0.481 e. The van der Waals surface area contributed by atoms with Crippen LogP contribution in [0, 0.1) is 17.8 Å². The van der Waals surface area contributed by atoms with Gasteiger partial charge < -0.3 is 5.11 Å². The highest BCUT2D eigenvalue weighted by atomic mass is 16.4. The van der Waals surface area contributed by atoms with E-state index in [4.69, 9.17) is 5.11 Å². The highest BCUT2D eigenvalue weighted by Gasteiger charge is 2.37. The van der Waals surface area contributed by atoms with Crippen LogP contribution in [0.3, 0.4) is 0 Å². The van der Waals surface area contributed by atoms with E-state index in [2.05, 4.69) is 0 Å². The number of rotatable bonds is 3. The number of carboxylic acids is 1. The predicted octanol–water partition coefficient (Wildman–Crippen LogP) is 1.75. The summed E-state index contributed by atoms with van der Waals surface area (Å²) in [6.07, 6.45) is 2.24. The summed E-state index contributed by atoms with van der Waals surface area (Å²) in [5, 5.41) is 8.75. The Hall–Kier alpha value is -0.530. The van der Waals surface area contributed by atoms with E-state index in [0.717, 1.165) is 12.8 Å². The lowest BCUT2D eigenvalue weighted by molar-refractivity contribution is -0.144. The molecule has 1 aliphatic rings. The Balaban J connectivity index is 2.49. The fourth-order valence-electron chi connectivity index (χ4n) is 1.49. The van der Waals surface area contributed by atoms with Gasteiger partial charge in [0, 0.05) is 0 Å². The van der Waals surface area contributed by atoms with Gasteiger partial charge in [0.2, 0.25) is 0 Å². The zero-order valence-corrected chi connectivity index (χ0v) is 6.50. The minimum Gasteiger partial charge on any atom is -0.481 e. The second-order valence-corrected chi connectivity index (χ2v) is 3.45. The third-order valence-electron chi connectivity index (χ3n) is 2.13. The first-order chi connectivity index (χ1) is 4.63. The molecule has 0 aromatic heterocycles. The Labute approximate surface area is 61.2 Å². The van der Waals surface area contributed by atoms with Crippen LogP contribution < -0.4 is 0 Å². The Morgan fingerprint density at radius 1 is 1.50 bits per heavy atom. The molecule has 1 N–H and O–H groups in total. The molecule has 1 rings (SSSR count). The highest BCUT2D eigenvalue weighted by Crippen LogP contribution is 2.40. The topological polar surface area (TPSA) is 37.3 Å². The normalized spacial score (nSPS) is 21.1. The van der Waals surface area contributed by atoms with Gasteiger partial charge in [-0.1, -0.05) is 13.8 Å². The zero-order valence-electron chi connectivity index (χ0n) is 6.50. The molecule has 1 atom stereocenters. The molecule has 0 amide bonds. The zero-order chi connectivity index (χ0) is 7.72. The summed E-state index contributed by atoms with van der Waals surface area (Å²) >= 11 is 0. The number of hydrogen-bond donors (Lipinski definition) is 1. The molecule has 0 aliphatic heterocycles. The molecular weight excluding hydrogens is 128 g/mol. The van der Waals surface area contributed by atoms with Gasteiger partial charge in [-0.15, -0.1) is 0 Å². The van der Waals surface area contributed by atoms with E-state index in [0.29, 0.717) is 11.8 Å². The monoisotopic (exact) mass is 142 g/mol. The first kappa shape index (κ1) is 7.58. The van der Waals surface area contributed by atoms with Gasteiger partial charge in [0.1, 0.15) is 0 Å². The number of carboxylic acid groups (broad SMARTS) is 1. The van der Waals surface area contributed by atoms with Crippen molar-refractivity contribution in [3.63, 3.8) is 0 Å². The van der Waals surface area contributed by atoms with Gasteiger partial charge in [-0.3, -0.25) is 4.79 Å². The van der Waals surface area contributed by atoms with Gasteiger partial charge in [0.25, 0.3) is 0 Å². The lowest BCUT2D eigenvalue weighted by atomic mass is 9.91. The van der Waals surface area contributed by atoms with Crippen LogP contribution in [-0.4, -0.2) is 11.1 Å². The molecule has 10 heavy (non-hydrogen) atoms. The second-order valence-electron chi connectivity index (χ2n) is 3.45. The van der Waals surface area contributed by atoms with Crippen molar-refractivity contribution in [2.24, 2.45) is 17.8 Å². The molecule has 2 heteroatoms. The molecule has 0 radical (unpaired) electrons. The summed E-state index contributed by atoms with van der Waals surface area (Å²) < 4.78 is 0. The second kappa shape index (κ2) is 2.60. The minimum atomic E-state index is -0.613. The highest BCUT2D eigenvalue weighted by molar-refractivity contribution is 5.71. The molecule has 0 aromatic rings. The molecule has 2 nitrogen and oxygen atoms in total. The maximum absolute atomic E-state index is 10.6. The van der Waals surface area contributed by atoms with E-state index < -0.39 is 5.97 Å². The number of aliphatic carboxylic acids is 1. The Morgan fingerprint density at radius 2 is 2.00 bits per heavy atom. The van der Waals surface area contributed by atoms with Crippen LogP contribution in [0.5, 0.6) is 0 Å². The van der Waals surface area contributed by atoms with Gasteiger partial charge >= 0.3 is 5.97 Å². The standard InChI is InChI=1S/C8H14O2/c1-5(2)7(8(9)10)6-3-4-6/h5-7H,3-4H2,1-2H3,(H,9,10). The predicted molar refractivity (Wildman–Crippen MR) is 38.7 cm³/mol. The molecular formula is C8H14O2. The van der Waals surface area contributed by atoms with Crippen molar-refractivity contribution in [3.05, 3.63) is 0 Å². The van der Waals surface area contributed by atoms with Crippen LogP contribution >= 0.6 is 0 Å². The SMILES string of the molecule is CC(C)C(C(=O)O)C1CC1. The summed E-state index contributed by atoms with van der Waals surface area (Å²) in [7, 11) is 0. The van der Waals surface area contributed by atoms with Crippen molar-refractivity contribution in [2.45, 2.75) is 26.7 Å². The summed E-state index contributed by atoms with van der Waals surface area (Å²) in [6, 6.07) is 0. The maximum atomic E-state index is 10.6. The van der Waals surface area contributed by atoms with E-state index in [1.165, 1.54) is 0 Å². The smallest absolute Gasteiger partial charge is 0.307 e. The molecule has 1 saturated carbocycles. The van der Waals surface area contributed by atoms with Crippen LogP contribution in [0.2, 0.25) is 0 Å². The lowest BCUT2D eigenvalue weighted by Gasteiger charge is -2.14. The van der Waals surface area contributed by atoms with Crippen LogP contribution in [-0.2, 0) is 4.79 Å². The summed E-state index contributed by atoms with van der Waals surface area (Å²) in [5.41, 5.74) is 0. The molecule has 0 bridgehead atoms. The van der Waals surface area contributed by atoms with Crippen molar-refractivity contribution < 1.29 is 9.90 Å². The van der Waals surface area contributed by atoms with Crippen molar-refractivity contribution in [3.8, 4) is 0 Å². The Morgan fingerprint density at radius 3 is 2.10 bits per heavy atom. The average Bonchev–Trinajstić information content (AvgIpc) is 2.46. The number of carbonyl (C=O) groups is 1. The van der Waals surface area contributed by atoms with E-state index >= 15 is 0 Å². The molecule has 58 valence electrons. The van der Waals surface area contributed by atoms with E-state index in [9.17, 15) is 4.79 Å². The third-order valence-corrected chi connectivity index (χ3v) is 2.13. The minimum absolute atomic E-state index is 0.0833. The summed E-state index contributed by atoms with van der Waals surface area (Å²) in [6.45, 7) is 3.97. The summed E-state index contributed by atoms with van der Waals surface area (Å²) in [4.78, 5) is 10.6. The Kier molecular flexibility index (Phi) is 1.97. The maximum Gasteiger partial charge on any atom is 0.307 e. The first-order valence-electron chi connectivity index (χ1n) is 3.85. The van der Waals surface area contributed by atoms with Crippen molar-refractivity contribution in [1.82, 2.24) is 0 Å². The van der Waals surface area contributed by atoms with Gasteiger partial charge in [-0.05, 0) is 24.7 Å². The fourth-order valence-corrected chi connectivity index (χ4v) is 1.49. The quantitative estimate of drug-likeness (QED) is 0.651. The van der Waals surface area contributed by atoms with E-state index in [1.54, 1.807) is 0 Å².